The van der Waals surface area contributed by atoms with Crippen molar-refractivity contribution in [2.45, 2.75) is 25.7 Å². The number of thiazole rings is 1. The van der Waals surface area contributed by atoms with Gasteiger partial charge in [0.2, 0.25) is 0 Å². The fourth-order valence-corrected chi connectivity index (χ4v) is 3.66. The van der Waals surface area contributed by atoms with Crippen molar-refractivity contribution in [1.29, 1.82) is 0 Å². The molecule has 2 aromatic rings. The van der Waals surface area contributed by atoms with Gasteiger partial charge in [0.1, 0.15) is 5.82 Å². The Hall–Kier alpha value is -1.26. The molecule has 2 heterocycles. The number of hydrogen-bond acceptors (Lipinski definition) is 3. The highest BCUT2D eigenvalue weighted by Crippen LogP contribution is 2.34. The second kappa shape index (κ2) is 4.69. The summed E-state index contributed by atoms with van der Waals surface area (Å²) in [6.07, 6.45) is 0.892. The molecule has 4 heteroatoms. The molecule has 0 radical (unpaired) electrons. The lowest BCUT2D eigenvalue weighted by atomic mass is 9.73. The van der Waals surface area contributed by atoms with E-state index in [0.29, 0.717) is 0 Å². The molecule has 1 N–H and O–H groups in total. The maximum atomic E-state index is 13.4. The Morgan fingerprint density at radius 1 is 1.37 bits per heavy atom. The zero-order valence-electron chi connectivity index (χ0n) is 11.2. The molecule has 1 aliphatic rings. The van der Waals surface area contributed by atoms with Crippen LogP contribution in [0.4, 0.5) is 4.39 Å². The Morgan fingerprint density at radius 2 is 2.16 bits per heavy atom. The van der Waals surface area contributed by atoms with E-state index in [1.165, 1.54) is 10.9 Å². The van der Waals surface area contributed by atoms with Crippen molar-refractivity contribution in [1.82, 2.24) is 10.3 Å². The van der Waals surface area contributed by atoms with Crippen LogP contribution in [0.5, 0.6) is 0 Å². The highest BCUT2D eigenvalue weighted by molar-refractivity contribution is 7.11. The van der Waals surface area contributed by atoms with E-state index in [9.17, 15) is 4.39 Å². The van der Waals surface area contributed by atoms with Gasteiger partial charge in [0.15, 0.2) is 0 Å². The first-order valence-electron chi connectivity index (χ1n) is 6.49. The second-order valence-electron chi connectivity index (χ2n) is 5.32. The highest BCUT2D eigenvalue weighted by Gasteiger charge is 2.39. The minimum atomic E-state index is -0.157. The van der Waals surface area contributed by atoms with Crippen molar-refractivity contribution < 1.29 is 4.39 Å². The number of nitrogens with one attached hydrogen (secondary N) is 1. The van der Waals surface area contributed by atoms with E-state index in [2.05, 4.69) is 17.2 Å². The SMILES string of the molecule is Cc1nc(CC2(c3cccc(F)c3)CNC2)sc1C. The molecule has 1 fully saturated rings. The molecule has 1 aromatic carbocycles. The van der Waals surface area contributed by atoms with Crippen LogP contribution >= 0.6 is 11.3 Å². The molecular weight excluding hydrogens is 259 g/mol. The molecule has 1 saturated heterocycles. The van der Waals surface area contributed by atoms with E-state index in [4.69, 9.17) is 0 Å². The van der Waals surface area contributed by atoms with Crippen LogP contribution in [0.3, 0.4) is 0 Å². The smallest absolute Gasteiger partial charge is 0.123 e. The zero-order chi connectivity index (χ0) is 13.5. The summed E-state index contributed by atoms with van der Waals surface area (Å²) in [7, 11) is 0. The van der Waals surface area contributed by atoms with Crippen molar-refractivity contribution in [2.75, 3.05) is 13.1 Å². The number of aryl methyl sites for hydroxylation is 2. The van der Waals surface area contributed by atoms with Crippen molar-refractivity contribution in [3.8, 4) is 0 Å². The molecule has 0 atom stereocenters. The predicted octanol–water partition coefficient (Wildman–Crippen LogP) is 2.98. The first-order chi connectivity index (χ1) is 9.09. The van der Waals surface area contributed by atoms with Crippen molar-refractivity contribution in [3.05, 3.63) is 51.2 Å². The Labute approximate surface area is 116 Å². The molecule has 19 heavy (non-hydrogen) atoms. The van der Waals surface area contributed by atoms with Gasteiger partial charge in [-0.25, -0.2) is 9.37 Å². The molecular formula is C15H17FN2S. The topological polar surface area (TPSA) is 24.9 Å². The maximum Gasteiger partial charge on any atom is 0.123 e. The number of aromatic nitrogens is 1. The summed E-state index contributed by atoms with van der Waals surface area (Å²) in [5, 5.41) is 4.47. The minimum Gasteiger partial charge on any atom is -0.315 e. The molecule has 0 unspecified atom stereocenters. The van der Waals surface area contributed by atoms with E-state index in [1.807, 2.05) is 13.0 Å². The maximum absolute atomic E-state index is 13.4. The number of halogens is 1. The van der Waals surface area contributed by atoms with E-state index >= 15 is 0 Å². The Bertz CT molecular complexity index is 582. The molecule has 100 valence electrons. The summed E-state index contributed by atoms with van der Waals surface area (Å²) >= 11 is 1.76. The molecule has 0 spiro atoms. The Balaban J connectivity index is 1.91. The number of hydrogen-bond donors (Lipinski definition) is 1. The molecule has 0 aliphatic carbocycles. The van der Waals surface area contributed by atoms with Crippen LogP contribution in [-0.2, 0) is 11.8 Å². The van der Waals surface area contributed by atoms with Crippen LogP contribution in [0.2, 0.25) is 0 Å². The van der Waals surface area contributed by atoms with Crippen molar-refractivity contribution >= 4 is 11.3 Å². The number of nitrogens with zero attached hydrogens (tertiary/aromatic N) is 1. The first-order valence-corrected chi connectivity index (χ1v) is 7.30. The van der Waals surface area contributed by atoms with Gasteiger partial charge < -0.3 is 5.32 Å². The lowest BCUT2D eigenvalue weighted by molar-refractivity contribution is 0.273. The van der Waals surface area contributed by atoms with Gasteiger partial charge in [0.25, 0.3) is 0 Å². The van der Waals surface area contributed by atoms with Crippen molar-refractivity contribution in [3.63, 3.8) is 0 Å². The van der Waals surface area contributed by atoms with E-state index in [-0.39, 0.29) is 11.2 Å². The van der Waals surface area contributed by atoms with Gasteiger partial charge in [-0.05, 0) is 31.5 Å². The van der Waals surface area contributed by atoms with Gasteiger partial charge in [0.05, 0.1) is 10.7 Å². The molecule has 2 nitrogen and oxygen atoms in total. The summed E-state index contributed by atoms with van der Waals surface area (Å²) in [5.74, 6) is -0.157. The lowest BCUT2D eigenvalue weighted by Crippen LogP contribution is -2.58. The quantitative estimate of drug-likeness (QED) is 0.932. The average molecular weight is 276 g/mol. The standard InChI is InChI=1S/C15H17FN2S/c1-10-11(2)19-14(18-10)7-15(8-17-9-15)12-4-3-5-13(16)6-12/h3-6,17H,7-9H2,1-2H3. The molecule has 0 bridgehead atoms. The second-order valence-corrected chi connectivity index (χ2v) is 6.61. The van der Waals surface area contributed by atoms with Crippen molar-refractivity contribution in [2.24, 2.45) is 0 Å². The van der Waals surface area contributed by atoms with Gasteiger partial charge in [-0.1, -0.05) is 12.1 Å². The number of rotatable bonds is 3. The molecule has 0 saturated carbocycles. The van der Waals surface area contributed by atoms with Crippen LogP contribution in [0.15, 0.2) is 24.3 Å². The van der Waals surface area contributed by atoms with Gasteiger partial charge in [0, 0.05) is 29.8 Å². The van der Waals surface area contributed by atoms with Crippen LogP contribution in [0, 0.1) is 19.7 Å². The van der Waals surface area contributed by atoms with Gasteiger partial charge in [-0.3, -0.25) is 0 Å². The minimum absolute atomic E-state index is 0.0127. The number of benzene rings is 1. The lowest BCUT2D eigenvalue weighted by Gasteiger charge is -2.43. The first kappa shape index (κ1) is 12.8. The van der Waals surface area contributed by atoms with Crippen LogP contribution in [0.25, 0.3) is 0 Å². The molecule has 3 rings (SSSR count). The fraction of sp³-hybridized carbons (Fsp3) is 0.400. The van der Waals surface area contributed by atoms with Gasteiger partial charge >= 0.3 is 0 Å². The summed E-state index contributed by atoms with van der Waals surface area (Å²) in [6.45, 7) is 5.94. The van der Waals surface area contributed by atoms with E-state index < -0.39 is 0 Å². The van der Waals surface area contributed by atoms with Gasteiger partial charge in [-0.15, -0.1) is 11.3 Å². The molecule has 1 aromatic heterocycles. The molecule has 1 aliphatic heterocycles. The summed E-state index contributed by atoms with van der Waals surface area (Å²) in [6, 6.07) is 6.98. The summed E-state index contributed by atoms with van der Waals surface area (Å²) in [4.78, 5) is 5.90. The highest BCUT2D eigenvalue weighted by atomic mass is 32.1. The Kier molecular flexibility index (Phi) is 3.15. The average Bonchev–Trinajstić information content (AvgIpc) is 2.63. The fourth-order valence-electron chi connectivity index (χ4n) is 2.58. The van der Waals surface area contributed by atoms with E-state index in [1.54, 1.807) is 23.5 Å². The monoisotopic (exact) mass is 276 g/mol. The third kappa shape index (κ3) is 2.30. The summed E-state index contributed by atoms with van der Waals surface area (Å²) < 4.78 is 13.4. The largest absolute Gasteiger partial charge is 0.315 e. The van der Waals surface area contributed by atoms with E-state index in [0.717, 1.165) is 35.8 Å². The third-order valence-electron chi connectivity index (χ3n) is 3.93. The predicted molar refractivity (Wildman–Crippen MR) is 76.2 cm³/mol. The van der Waals surface area contributed by atoms with Crippen LogP contribution in [-0.4, -0.2) is 18.1 Å². The Morgan fingerprint density at radius 3 is 2.68 bits per heavy atom. The third-order valence-corrected chi connectivity index (χ3v) is 5.00. The normalized spacial score (nSPS) is 17.2. The van der Waals surface area contributed by atoms with Crippen LogP contribution < -0.4 is 5.32 Å². The van der Waals surface area contributed by atoms with Gasteiger partial charge in [-0.2, -0.15) is 0 Å². The zero-order valence-corrected chi connectivity index (χ0v) is 12.0. The van der Waals surface area contributed by atoms with Crippen LogP contribution in [0.1, 0.15) is 21.1 Å². The summed E-state index contributed by atoms with van der Waals surface area (Å²) in [5.41, 5.74) is 2.21. The molecule has 0 amide bonds.